The smallest absolute Gasteiger partial charge is 0.121 e. The average Bonchev–Trinajstić information content (AvgIpc) is 2.66. The van der Waals surface area contributed by atoms with Gasteiger partial charge in [0, 0.05) is 18.0 Å². The number of phenolic OH excluding ortho intramolecular Hbond substituents is 1. The summed E-state index contributed by atoms with van der Waals surface area (Å²) < 4.78 is 0. The summed E-state index contributed by atoms with van der Waals surface area (Å²) in [4.78, 5) is 4.49. The SMILES string of the molecule is CCCC(Cc1cncc(-c2cc(C)c(O)c(C)c2)c1)c1ccccc1. The van der Waals surface area contributed by atoms with Crippen LogP contribution in [0.4, 0.5) is 0 Å². The van der Waals surface area contributed by atoms with E-state index in [1.54, 1.807) is 0 Å². The molecule has 1 heterocycles. The number of benzene rings is 2. The number of aromatic hydroxyl groups is 1. The maximum atomic E-state index is 10.0. The standard InChI is InChI=1S/C24H27NO/c1-4-8-21(20-9-6-5-7-10-20)13-19-14-23(16-25-15-19)22-11-17(2)24(26)18(3)12-22/h5-7,9-12,14-16,21,26H,4,8,13H2,1-3H3. The Morgan fingerprint density at radius 1 is 0.923 bits per heavy atom. The summed E-state index contributed by atoms with van der Waals surface area (Å²) in [5, 5.41) is 10.0. The quantitative estimate of drug-likeness (QED) is 0.577. The highest BCUT2D eigenvalue weighted by Gasteiger charge is 2.13. The summed E-state index contributed by atoms with van der Waals surface area (Å²) in [5.41, 5.74) is 6.68. The molecule has 0 saturated carbocycles. The Balaban J connectivity index is 1.89. The van der Waals surface area contributed by atoms with E-state index in [1.807, 2.05) is 38.4 Å². The molecule has 0 saturated heterocycles. The zero-order chi connectivity index (χ0) is 18.5. The minimum Gasteiger partial charge on any atom is -0.507 e. The number of pyridine rings is 1. The van der Waals surface area contributed by atoms with Gasteiger partial charge in [0.25, 0.3) is 0 Å². The van der Waals surface area contributed by atoms with Gasteiger partial charge >= 0.3 is 0 Å². The van der Waals surface area contributed by atoms with Gasteiger partial charge in [-0.15, -0.1) is 0 Å². The number of nitrogens with zero attached hydrogens (tertiary/aromatic N) is 1. The number of hydrogen-bond acceptors (Lipinski definition) is 2. The maximum Gasteiger partial charge on any atom is 0.121 e. The lowest BCUT2D eigenvalue weighted by molar-refractivity contribution is 0.467. The van der Waals surface area contributed by atoms with Crippen molar-refractivity contribution in [3.8, 4) is 16.9 Å². The van der Waals surface area contributed by atoms with Gasteiger partial charge in [-0.25, -0.2) is 0 Å². The van der Waals surface area contributed by atoms with Gasteiger partial charge < -0.3 is 5.11 Å². The normalized spacial score (nSPS) is 12.1. The van der Waals surface area contributed by atoms with Gasteiger partial charge in [0.05, 0.1) is 0 Å². The van der Waals surface area contributed by atoms with Crippen LogP contribution in [0, 0.1) is 13.8 Å². The van der Waals surface area contributed by atoms with Crippen molar-refractivity contribution in [1.82, 2.24) is 4.98 Å². The van der Waals surface area contributed by atoms with Crippen LogP contribution in [0.1, 0.15) is 47.9 Å². The predicted molar refractivity (Wildman–Crippen MR) is 109 cm³/mol. The van der Waals surface area contributed by atoms with E-state index in [9.17, 15) is 5.11 Å². The van der Waals surface area contributed by atoms with E-state index >= 15 is 0 Å². The molecule has 3 rings (SSSR count). The summed E-state index contributed by atoms with van der Waals surface area (Å²) in [5.74, 6) is 0.895. The Kier molecular flexibility index (Phi) is 5.72. The van der Waals surface area contributed by atoms with Crippen LogP contribution >= 0.6 is 0 Å². The molecule has 2 heteroatoms. The van der Waals surface area contributed by atoms with Gasteiger partial charge in [0.2, 0.25) is 0 Å². The first-order valence-corrected chi connectivity index (χ1v) is 9.38. The van der Waals surface area contributed by atoms with Crippen molar-refractivity contribution in [2.75, 3.05) is 0 Å². The average molecular weight is 345 g/mol. The zero-order valence-corrected chi connectivity index (χ0v) is 15.9. The van der Waals surface area contributed by atoms with Crippen molar-refractivity contribution in [3.63, 3.8) is 0 Å². The van der Waals surface area contributed by atoms with Gasteiger partial charge in [0.15, 0.2) is 0 Å². The minimum atomic E-state index is 0.380. The third-order valence-electron chi connectivity index (χ3n) is 5.01. The Hall–Kier alpha value is -2.61. The van der Waals surface area contributed by atoms with Crippen molar-refractivity contribution >= 4 is 0 Å². The second-order valence-corrected chi connectivity index (χ2v) is 7.14. The molecule has 3 aromatic rings. The fourth-order valence-electron chi connectivity index (χ4n) is 3.62. The first-order chi connectivity index (χ1) is 12.6. The van der Waals surface area contributed by atoms with Crippen LogP contribution in [0.5, 0.6) is 5.75 Å². The first-order valence-electron chi connectivity index (χ1n) is 9.38. The van der Waals surface area contributed by atoms with Crippen LogP contribution in [0.15, 0.2) is 60.9 Å². The van der Waals surface area contributed by atoms with E-state index in [0.29, 0.717) is 11.7 Å². The molecule has 1 atom stereocenters. The summed E-state index contributed by atoms with van der Waals surface area (Å²) >= 11 is 0. The monoisotopic (exact) mass is 345 g/mol. The molecule has 1 unspecified atom stereocenters. The molecule has 0 aliphatic heterocycles. The van der Waals surface area contributed by atoms with Crippen LogP contribution in [0.25, 0.3) is 11.1 Å². The van der Waals surface area contributed by atoms with Crippen LogP contribution in [0.2, 0.25) is 0 Å². The summed E-state index contributed by atoms with van der Waals surface area (Å²) in [6.07, 6.45) is 7.23. The fourth-order valence-corrected chi connectivity index (χ4v) is 3.62. The van der Waals surface area contributed by atoms with E-state index < -0.39 is 0 Å². The second-order valence-electron chi connectivity index (χ2n) is 7.14. The van der Waals surface area contributed by atoms with Crippen molar-refractivity contribution < 1.29 is 5.11 Å². The first kappa shape index (κ1) is 18.2. The van der Waals surface area contributed by atoms with Crippen molar-refractivity contribution in [2.45, 2.75) is 46.0 Å². The summed E-state index contributed by atoms with van der Waals surface area (Å²) in [6.45, 7) is 6.12. The molecule has 0 aliphatic rings. The van der Waals surface area contributed by atoms with Gasteiger partial charge in [-0.2, -0.15) is 0 Å². The number of hydrogen-bond donors (Lipinski definition) is 1. The van der Waals surface area contributed by atoms with Gasteiger partial charge in [-0.05, 0) is 78.6 Å². The Bertz CT molecular complexity index is 847. The number of rotatable bonds is 6. The van der Waals surface area contributed by atoms with E-state index in [4.69, 9.17) is 0 Å². The van der Waals surface area contributed by atoms with Crippen molar-refractivity contribution in [2.24, 2.45) is 0 Å². The third kappa shape index (κ3) is 4.13. The highest BCUT2D eigenvalue weighted by atomic mass is 16.3. The van der Waals surface area contributed by atoms with Crippen LogP contribution < -0.4 is 0 Å². The largest absolute Gasteiger partial charge is 0.507 e. The molecular weight excluding hydrogens is 318 g/mol. The molecule has 2 aromatic carbocycles. The highest BCUT2D eigenvalue weighted by Crippen LogP contribution is 2.31. The molecule has 2 nitrogen and oxygen atoms in total. The lowest BCUT2D eigenvalue weighted by atomic mass is 9.88. The molecule has 0 spiro atoms. The lowest BCUT2D eigenvalue weighted by Crippen LogP contribution is -2.03. The van der Waals surface area contributed by atoms with Gasteiger partial charge in [-0.3, -0.25) is 4.98 Å². The fraction of sp³-hybridized carbons (Fsp3) is 0.292. The van der Waals surface area contributed by atoms with Crippen LogP contribution in [-0.4, -0.2) is 10.1 Å². The summed E-state index contributed by atoms with van der Waals surface area (Å²) in [7, 11) is 0. The van der Waals surface area contributed by atoms with Crippen LogP contribution in [-0.2, 0) is 6.42 Å². The molecule has 26 heavy (non-hydrogen) atoms. The van der Waals surface area contributed by atoms with Crippen molar-refractivity contribution in [3.05, 3.63) is 83.2 Å². The Morgan fingerprint density at radius 2 is 1.62 bits per heavy atom. The zero-order valence-electron chi connectivity index (χ0n) is 15.9. The number of phenols is 1. The van der Waals surface area contributed by atoms with E-state index in [2.05, 4.69) is 48.3 Å². The minimum absolute atomic E-state index is 0.380. The topological polar surface area (TPSA) is 33.1 Å². The molecule has 0 bridgehead atoms. The van der Waals surface area contributed by atoms with Crippen LogP contribution in [0.3, 0.4) is 0 Å². The molecule has 1 aromatic heterocycles. The van der Waals surface area contributed by atoms with E-state index in [-0.39, 0.29) is 0 Å². The molecular formula is C24H27NO. The third-order valence-corrected chi connectivity index (χ3v) is 5.01. The molecule has 134 valence electrons. The molecule has 0 amide bonds. The molecule has 0 fully saturated rings. The van der Waals surface area contributed by atoms with E-state index in [1.165, 1.54) is 24.0 Å². The molecule has 1 N–H and O–H groups in total. The number of aromatic nitrogens is 1. The Morgan fingerprint density at radius 3 is 2.27 bits per heavy atom. The summed E-state index contributed by atoms with van der Waals surface area (Å²) in [6, 6.07) is 17.1. The number of aryl methyl sites for hydroxylation is 2. The van der Waals surface area contributed by atoms with Gasteiger partial charge in [-0.1, -0.05) is 43.7 Å². The second kappa shape index (κ2) is 8.18. The van der Waals surface area contributed by atoms with Gasteiger partial charge in [0.1, 0.15) is 5.75 Å². The highest BCUT2D eigenvalue weighted by molar-refractivity contribution is 5.67. The maximum absolute atomic E-state index is 10.0. The van der Waals surface area contributed by atoms with Crippen molar-refractivity contribution in [1.29, 1.82) is 0 Å². The predicted octanol–water partition coefficient (Wildman–Crippen LogP) is 6.20. The lowest BCUT2D eigenvalue weighted by Gasteiger charge is -2.17. The molecule has 0 aliphatic carbocycles. The van der Waals surface area contributed by atoms with E-state index in [0.717, 1.165) is 28.7 Å². The Labute approximate surface area is 156 Å². The molecule has 0 radical (unpaired) electrons.